The van der Waals surface area contributed by atoms with Crippen LogP contribution in [0.4, 0.5) is 57.1 Å². The van der Waals surface area contributed by atoms with Crippen molar-refractivity contribution in [2.45, 2.75) is 65.9 Å². The van der Waals surface area contributed by atoms with Crippen molar-refractivity contribution in [1.29, 1.82) is 0 Å². The largest absolute Gasteiger partial charge is 0.460 e. The third-order valence-corrected chi connectivity index (χ3v) is 4.35. The number of rotatable bonds is 9. The smallest absolute Gasteiger partial charge is 0.300 e. The minimum Gasteiger partial charge on any atom is -0.300 e. The van der Waals surface area contributed by atoms with Crippen LogP contribution in [-0.4, -0.2) is 45.5 Å². The second-order valence-electron chi connectivity index (χ2n) is 5.54. The Morgan fingerprint density at radius 2 is 1.11 bits per heavy atom. The van der Waals surface area contributed by atoms with E-state index in [4.69, 9.17) is 0 Å². The van der Waals surface area contributed by atoms with Gasteiger partial charge in [-0.25, -0.2) is 0 Å². The van der Waals surface area contributed by atoms with Gasteiger partial charge >= 0.3 is 35.8 Å². The van der Waals surface area contributed by atoms with Gasteiger partial charge in [0, 0.05) is 16.8 Å². The standard InChI is InChI=1S/C12H10F13IO/c1-5(27)2-3-6(26)4-7(13,14)8(15,16)9(17,18)10(19,20)11(21,22)12(23,24)25/h6H,2-4H2,1H3. The fourth-order valence-corrected chi connectivity index (χ4v) is 2.53. The molecule has 27 heavy (non-hydrogen) atoms. The lowest BCUT2D eigenvalue weighted by Gasteiger charge is -2.40. The number of alkyl halides is 14. The van der Waals surface area contributed by atoms with Crippen LogP contribution in [0.1, 0.15) is 26.2 Å². The molecule has 1 atom stereocenters. The number of carbonyl (C=O) groups is 1. The topological polar surface area (TPSA) is 17.1 Å². The Hall–Kier alpha value is -0.510. The second-order valence-corrected chi connectivity index (χ2v) is 7.30. The molecular weight excluding hydrogens is 534 g/mol. The van der Waals surface area contributed by atoms with E-state index in [1.807, 2.05) is 0 Å². The quantitative estimate of drug-likeness (QED) is 0.190. The average Bonchev–Trinajstić information content (AvgIpc) is 2.42. The average molecular weight is 544 g/mol. The lowest BCUT2D eigenvalue weighted by atomic mass is 9.91. The highest BCUT2D eigenvalue weighted by atomic mass is 127. The number of hydrogen-bond donors (Lipinski definition) is 0. The summed E-state index contributed by atoms with van der Waals surface area (Å²) in [6.45, 7) is 0.962. The Bertz CT molecular complexity index is 540. The van der Waals surface area contributed by atoms with Crippen molar-refractivity contribution in [3.63, 3.8) is 0 Å². The van der Waals surface area contributed by atoms with Gasteiger partial charge in [-0.1, -0.05) is 22.6 Å². The van der Waals surface area contributed by atoms with Gasteiger partial charge in [-0.05, 0) is 13.3 Å². The zero-order valence-corrected chi connectivity index (χ0v) is 15.1. The molecule has 162 valence electrons. The summed E-state index contributed by atoms with van der Waals surface area (Å²) < 4.78 is 166. The fourth-order valence-electron chi connectivity index (χ4n) is 1.67. The summed E-state index contributed by atoms with van der Waals surface area (Å²) >= 11 is 0.992. The predicted molar refractivity (Wildman–Crippen MR) is 73.1 cm³/mol. The van der Waals surface area contributed by atoms with Crippen molar-refractivity contribution >= 4 is 28.4 Å². The van der Waals surface area contributed by atoms with Crippen LogP contribution in [0.3, 0.4) is 0 Å². The van der Waals surface area contributed by atoms with E-state index in [0.29, 0.717) is 0 Å². The van der Waals surface area contributed by atoms with Crippen molar-refractivity contribution in [2.24, 2.45) is 0 Å². The summed E-state index contributed by atoms with van der Waals surface area (Å²) in [4.78, 5) is 10.7. The number of Topliss-reactive ketones (excluding diaryl/α,β-unsaturated/α-hetero) is 1. The number of hydrogen-bond acceptors (Lipinski definition) is 1. The number of halogens is 14. The Morgan fingerprint density at radius 1 is 0.741 bits per heavy atom. The van der Waals surface area contributed by atoms with Crippen LogP contribution >= 0.6 is 22.6 Å². The molecule has 0 aromatic rings. The molecule has 0 saturated heterocycles. The van der Waals surface area contributed by atoms with Gasteiger partial charge < -0.3 is 4.79 Å². The molecule has 15 heteroatoms. The molecule has 0 N–H and O–H groups in total. The normalized spacial score (nSPS) is 16.4. The number of ketones is 1. The maximum atomic E-state index is 13.5. The van der Waals surface area contributed by atoms with E-state index in [-0.39, 0.29) is 0 Å². The first kappa shape index (κ1) is 26.5. The summed E-state index contributed by atoms with van der Waals surface area (Å²) in [5.74, 6) is -37.3. The maximum Gasteiger partial charge on any atom is 0.460 e. The maximum absolute atomic E-state index is 13.5. The lowest BCUT2D eigenvalue weighted by Crippen LogP contribution is -2.70. The molecule has 0 aromatic heterocycles. The van der Waals surface area contributed by atoms with Crippen LogP contribution < -0.4 is 0 Å². The molecule has 0 amide bonds. The molecule has 0 fully saturated rings. The van der Waals surface area contributed by atoms with E-state index in [1.54, 1.807) is 0 Å². The lowest BCUT2D eigenvalue weighted by molar-refractivity contribution is -0.440. The molecule has 0 aliphatic rings. The fraction of sp³-hybridized carbons (Fsp3) is 0.917. The predicted octanol–water partition coefficient (Wildman–Crippen LogP) is 6.29. The highest BCUT2D eigenvalue weighted by Gasteiger charge is 2.90. The molecular formula is C12H10F13IO. The first-order valence-corrected chi connectivity index (χ1v) is 7.90. The van der Waals surface area contributed by atoms with Crippen molar-refractivity contribution in [3.05, 3.63) is 0 Å². The van der Waals surface area contributed by atoms with E-state index >= 15 is 0 Å². The summed E-state index contributed by atoms with van der Waals surface area (Å²) in [5.41, 5.74) is 0. The molecule has 0 spiro atoms. The molecule has 0 radical (unpaired) electrons. The van der Waals surface area contributed by atoms with E-state index in [0.717, 1.165) is 29.5 Å². The van der Waals surface area contributed by atoms with Gasteiger partial charge in [0.25, 0.3) is 0 Å². The summed E-state index contributed by atoms with van der Waals surface area (Å²) in [6, 6.07) is 0. The summed E-state index contributed by atoms with van der Waals surface area (Å²) in [6.07, 6.45) is -10.8. The highest BCUT2D eigenvalue weighted by Crippen LogP contribution is 2.60. The van der Waals surface area contributed by atoms with Crippen LogP contribution in [0.15, 0.2) is 0 Å². The molecule has 0 bridgehead atoms. The van der Waals surface area contributed by atoms with E-state index in [9.17, 15) is 61.9 Å². The van der Waals surface area contributed by atoms with Gasteiger partial charge in [0.05, 0.1) is 0 Å². The zero-order chi connectivity index (χ0) is 22.3. The van der Waals surface area contributed by atoms with Gasteiger partial charge in [0.15, 0.2) is 0 Å². The molecule has 0 saturated carbocycles. The van der Waals surface area contributed by atoms with Crippen molar-refractivity contribution in [1.82, 2.24) is 0 Å². The van der Waals surface area contributed by atoms with Gasteiger partial charge in [0.2, 0.25) is 0 Å². The summed E-state index contributed by atoms with van der Waals surface area (Å²) in [7, 11) is 0. The third-order valence-electron chi connectivity index (χ3n) is 3.29. The SMILES string of the molecule is CC(=O)CCC(I)CC(F)(F)C(F)(F)C(F)(F)C(F)(F)C(F)(F)C(F)(F)F. The molecule has 0 aliphatic heterocycles. The number of carbonyl (C=O) groups excluding carboxylic acids is 1. The van der Waals surface area contributed by atoms with E-state index in [2.05, 4.69) is 0 Å². The molecule has 1 unspecified atom stereocenters. The van der Waals surface area contributed by atoms with Crippen LogP contribution in [0.25, 0.3) is 0 Å². The van der Waals surface area contributed by atoms with Crippen molar-refractivity contribution in [3.8, 4) is 0 Å². The first-order valence-electron chi connectivity index (χ1n) is 6.65. The monoisotopic (exact) mass is 544 g/mol. The van der Waals surface area contributed by atoms with Crippen LogP contribution in [-0.2, 0) is 4.79 Å². The van der Waals surface area contributed by atoms with Crippen LogP contribution in [0.2, 0.25) is 0 Å². The molecule has 0 aromatic carbocycles. The van der Waals surface area contributed by atoms with Crippen molar-refractivity contribution in [2.75, 3.05) is 0 Å². The molecule has 1 nitrogen and oxygen atoms in total. The van der Waals surface area contributed by atoms with Gasteiger partial charge in [-0.3, -0.25) is 0 Å². The highest BCUT2D eigenvalue weighted by molar-refractivity contribution is 14.1. The molecule has 0 heterocycles. The van der Waals surface area contributed by atoms with Crippen LogP contribution in [0, 0.1) is 0 Å². The Balaban J connectivity index is 5.90. The second kappa shape index (κ2) is 7.72. The molecule has 0 aliphatic carbocycles. The van der Waals surface area contributed by atoms with Gasteiger partial charge in [-0.2, -0.15) is 57.1 Å². The van der Waals surface area contributed by atoms with Crippen LogP contribution in [0.5, 0.6) is 0 Å². The van der Waals surface area contributed by atoms with Gasteiger partial charge in [-0.15, -0.1) is 0 Å². The first-order chi connectivity index (χ1) is 11.6. The van der Waals surface area contributed by atoms with E-state index in [1.165, 1.54) is 0 Å². The third kappa shape index (κ3) is 4.74. The Kier molecular flexibility index (Phi) is 7.58. The summed E-state index contributed by atoms with van der Waals surface area (Å²) in [5, 5.41) is 0. The Morgan fingerprint density at radius 3 is 1.44 bits per heavy atom. The minimum absolute atomic E-state index is 0.478. The zero-order valence-electron chi connectivity index (χ0n) is 12.9. The minimum atomic E-state index is -7.88. The van der Waals surface area contributed by atoms with Gasteiger partial charge in [0.1, 0.15) is 5.78 Å². The van der Waals surface area contributed by atoms with Crippen molar-refractivity contribution < 1.29 is 61.9 Å². The Labute approximate surface area is 156 Å². The van der Waals surface area contributed by atoms with E-state index < -0.39 is 64.8 Å². The molecule has 0 rings (SSSR count).